The average Bonchev–Trinajstić information content (AvgIpc) is 3.07. The van der Waals surface area contributed by atoms with Crippen LogP contribution in [0.4, 0.5) is 0 Å². The van der Waals surface area contributed by atoms with Gasteiger partial charge >= 0.3 is 0 Å². The Labute approximate surface area is 135 Å². The van der Waals surface area contributed by atoms with Gasteiger partial charge in [-0.3, -0.25) is 4.79 Å². The van der Waals surface area contributed by atoms with Crippen molar-refractivity contribution in [1.82, 2.24) is 5.32 Å². The first-order chi connectivity index (χ1) is 9.69. The molecule has 116 valence electrons. The summed E-state index contributed by atoms with van der Waals surface area (Å²) in [7, 11) is 0. The summed E-state index contributed by atoms with van der Waals surface area (Å²) in [6.07, 6.45) is 3.10. The summed E-state index contributed by atoms with van der Waals surface area (Å²) >= 11 is 6.19. The van der Waals surface area contributed by atoms with E-state index in [1.165, 1.54) is 0 Å². The molecule has 1 fully saturated rings. The van der Waals surface area contributed by atoms with E-state index in [2.05, 4.69) is 5.32 Å². The van der Waals surface area contributed by atoms with Crippen molar-refractivity contribution >= 4 is 29.9 Å². The van der Waals surface area contributed by atoms with E-state index in [-0.39, 0.29) is 36.6 Å². The van der Waals surface area contributed by atoms with Gasteiger partial charge in [0.15, 0.2) is 0 Å². The number of carbonyl (C=O) groups is 1. The van der Waals surface area contributed by atoms with Gasteiger partial charge in [0.05, 0.1) is 12.1 Å². The number of benzene rings is 1. The van der Waals surface area contributed by atoms with Gasteiger partial charge in [-0.1, -0.05) is 23.7 Å². The number of rotatable bonds is 3. The Morgan fingerprint density at radius 2 is 2.19 bits per heavy atom. The predicted molar refractivity (Wildman–Crippen MR) is 84.9 cm³/mol. The van der Waals surface area contributed by atoms with Crippen LogP contribution < -0.4 is 11.1 Å². The Kier molecular flexibility index (Phi) is 5.49. The molecule has 4 nitrogen and oxygen atoms in total. The molecule has 1 amide bonds. The van der Waals surface area contributed by atoms with E-state index in [9.17, 15) is 4.79 Å². The van der Waals surface area contributed by atoms with E-state index in [1.807, 2.05) is 18.2 Å². The highest BCUT2D eigenvalue weighted by Gasteiger charge is 2.33. The molecule has 0 bridgehead atoms. The van der Waals surface area contributed by atoms with Crippen molar-refractivity contribution in [2.45, 2.75) is 43.9 Å². The zero-order chi connectivity index (χ0) is 14.1. The molecule has 1 saturated heterocycles. The van der Waals surface area contributed by atoms with Gasteiger partial charge in [-0.05, 0) is 42.9 Å². The number of carbonyl (C=O) groups excluding carboxylic acids is 1. The molecular weight excluding hydrogens is 311 g/mol. The molecule has 21 heavy (non-hydrogen) atoms. The highest BCUT2D eigenvalue weighted by atomic mass is 35.5. The van der Waals surface area contributed by atoms with Crippen LogP contribution in [0.25, 0.3) is 0 Å². The van der Waals surface area contributed by atoms with E-state index < -0.39 is 0 Å². The molecule has 0 radical (unpaired) electrons. The number of hydrogen-bond acceptors (Lipinski definition) is 3. The molecule has 0 spiro atoms. The van der Waals surface area contributed by atoms with Crippen LogP contribution in [-0.2, 0) is 16.0 Å². The van der Waals surface area contributed by atoms with Gasteiger partial charge in [0.25, 0.3) is 0 Å². The van der Waals surface area contributed by atoms with Crippen molar-refractivity contribution in [2.75, 3.05) is 6.54 Å². The fraction of sp³-hybridized carbons (Fsp3) is 0.533. The summed E-state index contributed by atoms with van der Waals surface area (Å²) in [4.78, 5) is 12.2. The second kappa shape index (κ2) is 6.97. The molecule has 1 aliphatic carbocycles. The van der Waals surface area contributed by atoms with Gasteiger partial charge in [0, 0.05) is 11.6 Å². The fourth-order valence-corrected chi connectivity index (χ4v) is 3.37. The maximum Gasteiger partial charge on any atom is 0.249 e. The molecule has 2 aliphatic rings. The lowest BCUT2D eigenvalue weighted by molar-refractivity contribution is -0.132. The van der Waals surface area contributed by atoms with Crippen LogP contribution in [0.1, 0.15) is 36.4 Å². The summed E-state index contributed by atoms with van der Waals surface area (Å²) < 4.78 is 5.63. The topological polar surface area (TPSA) is 64.4 Å². The highest BCUT2D eigenvalue weighted by Crippen LogP contribution is 2.35. The smallest absolute Gasteiger partial charge is 0.249 e. The Bertz CT molecular complexity index is 524. The van der Waals surface area contributed by atoms with E-state index in [1.54, 1.807) is 0 Å². The van der Waals surface area contributed by atoms with Gasteiger partial charge in [0.2, 0.25) is 5.91 Å². The number of halogens is 2. The van der Waals surface area contributed by atoms with Gasteiger partial charge in [-0.15, -0.1) is 12.4 Å². The van der Waals surface area contributed by atoms with Gasteiger partial charge in [0.1, 0.15) is 6.10 Å². The first-order valence-corrected chi connectivity index (χ1v) is 7.50. The summed E-state index contributed by atoms with van der Waals surface area (Å²) in [5.74, 6) is -0.0289. The van der Waals surface area contributed by atoms with Crippen molar-refractivity contribution in [3.63, 3.8) is 0 Å². The Hall–Kier alpha value is -0.810. The van der Waals surface area contributed by atoms with Crippen LogP contribution in [0, 0.1) is 0 Å². The third-order valence-electron chi connectivity index (χ3n) is 4.19. The quantitative estimate of drug-likeness (QED) is 0.894. The van der Waals surface area contributed by atoms with Crippen molar-refractivity contribution in [3.05, 3.63) is 34.3 Å². The number of fused-ring (bicyclic) bond motifs is 1. The minimum absolute atomic E-state index is 0. The Morgan fingerprint density at radius 1 is 1.38 bits per heavy atom. The van der Waals surface area contributed by atoms with E-state index >= 15 is 0 Å². The van der Waals surface area contributed by atoms with Crippen molar-refractivity contribution in [3.8, 4) is 0 Å². The molecule has 1 aromatic carbocycles. The van der Waals surface area contributed by atoms with Gasteiger partial charge in [-0.2, -0.15) is 0 Å². The molecule has 1 heterocycles. The van der Waals surface area contributed by atoms with E-state index in [4.69, 9.17) is 22.1 Å². The zero-order valence-electron chi connectivity index (χ0n) is 11.7. The zero-order valence-corrected chi connectivity index (χ0v) is 13.3. The van der Waals surface area contributed by atoms with Crippen LogP contribution in [0.3, 0.4) is 0 Å². The lowest BCUT2D eigenvalue weighted by Crippen LogP contribution is -2.37. The van der Waals surface area contributed by atoms with E-state index in [0.29, 0.717) is 6.54 Å². The highest BCUT2D eigenvalue weighted by molar-refractivity contribution is 6.31. The lowest BCUT2D eigenvalue weighted by atomic mass is 10.1. The number of nitrogens with two attached hydrogens (primary N) is 1. The minimum atomic E-state index is -0.355. The molecule has 6 heteroatoms. The lowest BCUT2D eigenvalue weighted by Gasteiger charge is -2.18. The molecule has 1 unspecified atom stereocenters. The molecule has 0 aromatic heterocycles. The molecule has 3 N–H and O–H groups in total. The summed E-state index contributed by atoms with van der Waals surface area (Å²) in [6, 6.07) is 5.92. The molecule has 1 aromatic rings. The normalized spacial score (nSPS) is 27.0. The van der Waals surface area contributed by atoms with Crippen LogP contribution in [0.5, 0.6) is 0 Å². The maximum absolute atomic E-state index is 12.2. The van der Waals surface area contributed by atoms with Crippen molar-refractivity contribution in [2.24, 2.45) is 5.73 Å². The standard InChI is InChI=1S/C15H19ClN2O2.ClH/c16-12-3-1-2-11-10(12)5-6-13(11)18-15(19)14-7-4-9(8-17)20-14;/h1-3,9,13-14H,4-8,17H2,(H,18,19);1H/t9-,13?,14+;/m1./s1. The first-order valence-electron chi connectivity index (χ1n) is 7.12. The number of nitrogens with one attached hydrogen (secondary N) is 1. The molecule has 1 aliphatic heterocycles. The molecule has 3 rings (SSSR count). The molecule has 3 atom stereocenters. The summed E-state index contributed by atoms with van der Waals surface area (Å²) in [5, 5.41) is 3.88. The number of hydrogen-bond donors (Lipinski definition) is 2. The minimum Gasteiger partial charge on any atom is -0.364 e. The molecular formula is C15H20Cl2N2O2. The SMILES string of the molecule is Cl.NC[C@H]1CC[C@@H](C(=O)NC2CCc3c(Cl)cccc32)O1. The number of ether oxygens (including phenoxy) is 1. The average molecular weight is 331 g/mol. The number of amides is 1. The third-order valence-corrected chi connectivity index (χ3v) is 4.55. The van der Waals surface area contributed by atoms with Crippen molar-refractivity contribution in [1.29, 1.82) is 0 Å². The largest absolute Gasteiger partial charge is 0.364 e. The van der Waals surface area contributed by atoms with Crippen molar-refractivity contribution < 1.29 is 9.53 Å². The fourth-order valence-electron chi connectivity index (χ4n) is 3.10. The monoisotopic (exact) mass is 330 g/mol. The predicted octanol–water partition coefficient (Wildman–Crippen LogP) is 2.37. The second-order valence-corrected chi connectivity index (χ2v) is 5.87. The van der Waals surface area contributed by atoms with Crippen LogP contribution in [0.15, 0.2) is 18.2 Å². The second-order valence-electron chi connectivity index (χ2n) is 5.47. The van der Waals surface area contributed by atoms with Gasteiger partial charge < -0.3 is 15.8 Å². The van der Waals surface area contributed by atoms with Crippen LogP contribution in [0.2, 0.25) is 5.02 Å². The van der Waals surface area contributed by atoms with E-state index in [0.717, 1.165) is 41.8 Å². The molecule has 0 saturated carbocycles. The third kappa shape index (κ3) is 3.34. The van der Waals surface area contributed by atoms with Crippen LogP contribution in [-0.4, -0.2) is 24.7 Å². The summed E-state index contributed by atoms with van der Waals surface area (Å²) in [5.41, 5.74) is 7.87. The summed E-state index contributed by atoms with van der Waals surface area (Å²) in [6.45, 7) is 0.478. The van der Waals surface area contributed by atoms with Gasteiger partial charge in [-0.25, -0.2) is 0 Å². The first kappa shape index (κ1) is 16.6. The Balaban J connectivity index is 0.00000161. The Morgan fingerprint density at radius 3 is 2.90 bits per heavy atom. The maximum atomic E-state index is 12.2. The van der Waals surface area contributed by atoms with Crippen LogP contribution >= 0.6 is 24.0 Å².